The van der Waals surface area contributed by atoms with Crippen LogP contribution in [0.15, 0.2) is 41.3 Å². The van der Waals surface area contributed by atoms with E-state index in [0.29, 0.717) is 10.7 Å². The Balaban J connectivity index is 1.70. The van der Waals surface area contributed by atoms with E-state index in [2.05, 4.69) is 18.2 Å². The van der Waals surface area contributed by atoms with Gasteiger partial charge in [0.1, 0.15) is 0 Å². The molecule has 0 fully saturated rings. The fraction of sp³-hybridized carbons (Fsp3) is 0.250. The van der Waals surface area contributed by atoms with Crippen molar-refractivity contribution < 1.29 is 0 Å². The molecule has 0 saturated heterocycles. The van der Waals surface area contributed by atoms with Gasteiger partial charge in [-0.05, 0) is 60.2 Å². The Morgan fingerprint density at radius 2 is 1.89 bits per heavy atom. The first-order valence-electron chi connectivity index (χ1n) is 6.51. The smallest absolute Gasteiger partial charge is 0.0635 e. The molecule has 0 spiro atoms. The highest BCUT2D eigenvalue weighted by atomic mass is 35.5. The molecule has 98 valence electrons. The van der Waals surface area contributed by atoms with Crippen molar-refractivity contribution in [3.05, 3.63) is 58.1 Å². The molecule has 0 bridgehead atoms. The van der Waals surface area contributed by atoms with E-state index in [0.717, 1.165) is 5.75 Å². The van der Waals surface area contributed by atoms with E-state index in [-0.39, 0.29) is 0 Å². The van der Waals surface area contributed by atoms with Crippen LogP contribution >= 0.6 is 23.4 Å². The van der Waals surface area contributed by atoms with E-state index in [4.69, 9.17) is 17.3 Å². The monoisotopic (exact) mass is 289 g/mol. The zero-order valence-electron chi connectivity index (χ0n) is 10.7. The predicted molar refractivity (Wildman–Crippen MR) is 83.9 cm³/mol. The summed E-state index contributed by atoms with van der Waals surface area (Å²) < 4.78 is 0. The summed E-state index contributed by atoms with van der Waals surface area (Å²) in [6.07, 6.45) is 3.78. The summed E-state index contributed by atoms with van der Waals surface area (Å²) in [4.78, 5) is 1.34. The molecule has 0 heterocycles. The number of fused-ring (bicyclic) bond motifs is 1. The molecular formula is C16H16ClNS. The van der Waals surface area contributed by atoms with Crippen LogP contribution in [0.4, 0.5) is 5.69 Å². The van der Waals surface area contributed by atoms with Gasteiger partial charge in [0.25, 0.3) is 0 Å². The second kappa shape index (κ2) is 5.48. The van der Waals surface area contributed by atoms with Crippen molar-refractivity contribution in [1.82, 2.24) is 0 Å². The Kier molecular flexibility index (Phi) is 3.72. The second-order valence-corrected chi connectivity index (χ2v) is 6.38. The first-order chi connectivity index (χ1) is 9.22. The standard InChI is InChI=1S/C16H16ClNS/c17-15-7-4-11(8-16(15)18)10-19-14-6-5-12-2-1-3-13(12)9-14/h4-9H,1-3,10,18H2. The lowest BCUT2D eigenvalue weighted by Crippen LogP contribution is -1.89. The number of rotatable bonds is 3. The molecule has 19 heavy (non-hydrogen) atoms. The number of halogens is 1. The number of aryl methyl sites for hydroxylation is 2. The third-order valence-corrected chi connectivity index (χ3v) is 4.95. The molecule has 0 amide bonds. The van der Waals surface area contributed by atoms with Crippen LogP contribution in [0.2, 0.25) is 5.02 Å². The van der Waals surface area contributed by atoms with Crippen LogP contribution in [-0.4, -0.2) is 0 Å². The lowest BCUT2D eigenvalue weighted by Gasteiger charge is -2.06. The van der Waals surface area contributed by atoms with E-state index < -0.39 is 0 Å². The first kappa shape index (κ1) is 12.9. The van der Waals surface area contributed by atoms with Crippen LogP contribution in [-0.2, 0) is 18.6 Å². The quantitative estimate of drug-likeness (QED) is 0.654. The molecule has 0 atom stereocenters. The molecule has 2 aromatic carbocycles. The van der Waals surface area contributed by atoms with Gasteiger partial charge in [0.05, 0.1) is 10.7 Å². The highest BCUT2D eigenvalue weighted by Crippen LogP contribution is 2.30. The Bertz CT molecular complexity index is 610. The van der Waals surface area contributed by atoms with Gasteiger partial charge in [-0.25, -0.2) is 0 Å². The van der Waals surface area contributed by atoms with Crippen molar-refractivity contribution in [2.75, 3.05) is 5.73 Å². The number of hydrogen-bond acceptors (Lipinski definition) is 2. The number of benzene rings is 2. The summed E-state index contributed by atoms with van der Waals surface area (Å²) in [6, 6.07) is 12.7. The fourth-order valence-corrected chi connectivity index (χ4v) is 3.51. The zero-order valence-corrected chi connectivity index (χ0v) is 12.2. The van der Waals surface area contributed by atoms with E-state index in [1.807, 2.05) is 30.0 Å². The molecule has 0 saturated carbocycles. The van der Waals surface area contributed by atoms with Gasteiger partial charge in [-0.1, -0.05) is 23.7 Å². The molecule has 0 unspecified atom stereocenters. The third-order valence-electron chi connectivity index (χ3n) is 3.54. The minimum absolute atomic E-state index is 0.631. The molecule has 1 aliphatic rings. The van der Waals surface area contributed by atoms with Gasteiger partial charge in [0, 0.05) is 10.6 Å². The average molecular weight is 290 g/mol. The Hall–Kier alpha value is -1.12. The average Bonchev–Trinajstić information content (AvgIpc) is 2.87. The minimum Gasteiger partial charge on any atom is -0.398 e. The minimum atomic E-state index is 0.631. The van der Waals surface area contributed by atoms with Crippen molar-refractivity contribution in [3.63, 3.8) is 0 Å². The molecule has 3 rings (SSSR count). The van der Waals surface area contributed by atoms with Gasteiger partial charge in [-0.15, -0.1) is 11.8 Å². The summed E-state index contributed by atoms with van der Waals surface area (Å²) in [5, 5.41) is 0.631. The van der Waals surface area contributed by atoms with Crippen molar-refractivity contribution in [1.29, 1.82) is 0 Å². The maximum Gasteiger partial charge on any atom is 0.0635 e. The molecule has 0 aliphatic heterocycles. The zero-order chi connectivity index (χ0) is 13.2. The van der Waals surface area contributed by atoms with Crippen LogP contribution in [0.1, 0.15) is 23.1 Å². The van der Waals surface area contributed by atoms with Crippen molar-refractivity contribution in [2.45, 2.75) is 29.9 Å². The van der Waals surface area contributed by atoms with Gasteiger partial charge in [0.2, 0.25) is 0 Å². The van der Waals surface area contributed by atoms with E-state index in [9.17, 15) is 0 Å². The molecule has 1 nitrogen and oxygen atoms in total. The molecular weight excluding hydrogens is 274 g/mol. The Morgan fingerprint density at radius 3 is 2.74 bits per heavy atom. The summed E-state index contributed by atoms with van der Waals surface area (Å²) in [7, 11) is 0. The highest BCUT2D eigenvalue weighted by molar-refractivity contribution is 7.98. The summed E-state index contributed by atoms with van der Waals surface area (Å²) in [5.74, 6) is 0.931. The number of nitrogen functional groups attached to an aromatic ring is 1. The normalized spacial score (nSPS) is 13.5. The molecule has 0 aromatic heterocycles. The maximum absolute atomic E-state index is 5.93. The van der Waals surface area contributed by atoms with Gasteiger partial charge in [-0.3, -0.25) is 0 Å². The van der Waals surface area contributed by atoms with Gasteiger partial charge >= 0.3 is 0 Å². The Morgan fingerprint density at radius 1 is 1.05 bits per heavy atom. The van der Waals surface area contributed by atoms with E-state index in [1.54, 1.807) is 0 Å². The van der Waals surface area contributed by atoms with Crippen LogP contribution in [0.5, 0.6) is 0 Å². The van der Waals surface area contributed by atoms with Crippen molar-refractivity contribution in [3.8, 4) is 0 Å². The summed E-state index contributed by atoms with van der Waals surface area (Å²) in [5.41, 5.74) is 10.8. The number of nitrogens with two attached hydrogens (primary N) is 1. The van der Waals surface area contributed by atoms with Gasteiger partial charge in [0.15, 0.2) is 0 Å². The van der Waals surface area contributed by atoms with E-state index >= 15 is 0 Å². The summed E-state index contributed by atoms with van der Waals surface area (Å²) in [6.45, 7) is 0. The molecule has 0 radical (unpaired) electrons. The molecule has 1 aliphatic carbocycles. The van der Waals surface area contributed by atoms with E-state index in [1.165, 1.54) is 40.8 Å². The van der Waals surface area contributed by atoms with Gasteiger partial charge in [-0.2, -0.15) is 0 Å². The maximum atomic E-state index is 5.93. The van der Waals surface area contributed by atoms with Crippen LogP contribution in [0.3, 0.4) is 0 Å². The lowest BCUT2D eigenvalue weighted by atomic mass is 10.1. The molecule has 2 N–H and O–H groups in total. The van der Waals surface area contributed by atoms with Crippen molar-refractivity contribution in [2.24, 2.45) is 0 Å². The van der Waals surface area contributed by atoms with Crippen LogP contribution < -0.4 is 5.73 Å². The van der Waals surface area contributed by atoms with Crippen molar-refractivity contribution >= 4 is 29.1 Å². The predicted octanol–water partition coefficient (Wildman–Crippen LogP) is 4.70. The Labute approximate surface area is 123 Å². The fourth-order valence-electron chi connectivity index (χ4n) is 2.49. The SMILES string of the molecule is Nc1cc(CSc2ccc3c(c2)CCC3)ccc1Cl. The number of thioether (sulfide) groups is 1. The van der Waals surface area contributed by atoms with Gasteiger partial charge < -0.3 is 5.73 Å². The third kappa shape index (κ3) is 2.90. The van der Waals surface area contributed by atoms with Crippen LogP contribution in [0, 0.1) is 0 Å². The molecule has 3 heteroatoms. The lowest BCUT2D eigenvalue weighted by molar-refractivity contribution is 0.911. The largest absolute Gasteiger partial charge is 0.398 e. The number of anilines is 1. The highest BCUT2D eigenvalue weighted by Gasteiger charge is 2.10. The van der Waals surface area contributed by atoms with Crippen LogP contribution in [0.25, 0.3) is 0 Å². The first-order valence-corrected chi connectivity index (χ1v) is 7.87. The number of hydrogen-bond donors (Lipinski definition) is 1. The second-order valence-electron chi connectivity index (χ2n) is 4.93. The summed E-state index contributed by atoms with van der Waals surface area (Å²) >= 11 is 7.79. The molecule has 2 aromatic rings. The topological polar surface area (TPSA) is 26.0 Å².